The second-order valence-corrected chi connectivity index (χ2v) is 8.51. The summed E-state index contributed by atoms with van der Waals surface area (Å²) in [5.74, 6) is 1.60. The molecule has 0 atom stereocenters. The maximum absolute atomic E-state index is 10.8. The number of pyridine rings is 1. The quantitative estimate of drug-likeness (QED) is 0.855. The number of carbonyl (C=O) groups is 1. The predicted octanol–water partition coefficient (Wildman–Crippen LogP) is 3.60. The number of rotatable bonds is 4. The summed E-state index contributed by atoms with van der Waals surface area (Å²) >= 11 is 1.16. The molecule has 0 unspecified atom stereocenters. The first-order valence-electron chi connectivity index (χ1n) is 8.34. The van der Waals surface area contributed by atoms with E-state index in [1.54, 1.807) is 0 Å². The average molecular weight is 328 g/mol. The normalized spacial score (nSPS) is 34.3. The van der Waals surface area contributed by atoms with Gasteiger partial charge in [0.1, 0.15) is 11.1 Å². The van der Waals surface area contributed by atoms with E-state index in [9.17, 15) is 10.1 Å². The molecule has 1 heterocycles. The summed E-state index contributed by atoms with van der Waals surface area (Å²) in [6, 6.07) is 6.01. The van der Waals surface area contributed by atoms with Crippen molar-refractivity contribution in [1.29, 1.82) is 5.26 Å². The molecule has 0 amide bonds. The molecule has 0 aliphatic heterocycles. The minimum absolute atomic E-state index is 0.0496. The molecule has 4 saturated carbocycles. The molecule has 5 rings (SSSR count). The lowest BCUT2D eigenvalue weighted by Gasteiger charge is -2.56. The van der Waals surface area contributed by atoms with Gasteiger partial charge >= 0.3 is 5.97 Å². The van der Waals surface area contributed by atoms with E-state index in [-0.39, 0.29) is 11.2 Å². The summed E-state index contributed by atoms with van der Waals surface area (Å²) in [6.45, 7) is 0. The van der Waals surface area contributed by atoms with Crippen LogP contribution in [-0.4, -0.2) is 21.8 Å². The zero-order chi connectivity index (χ0) is 16.0. The lowest BCUT2D eigenvalue weighted by atomic mass is 9.49. The maximum Gasteiger partial charge on any atom is 0.313 e. The number of carboxylic acids is 1. The first kappa shape index (κ1) is 15.0. The largest absolute Gasteiger partial charge is 0.481 e. The van der Waals surface area contributed by atoms with Crippen LogP contribution in [0.1, 0.15) is 49.8 Å². The van der Waals surface area contributed by atoms with Crippen LogP contribution < -0.4 is 0 Å². The van der Waals surface area contributed by atoms with Crippen LogP contribution in [0, 0.1) is 29.1 Å². The Kier molecular flexibility index (Phi) is 3.60. The van der Waals surface area contributed by atoms with Gasteiger partial charge in [0.05, 0.1) is 11.3 Å². The molecule has 0 saturated heterocycles. The monoisotopic (exact) mass is 328 g/mol. The SMILES string of the molecule is N#Cc1ccc(C23CC4CC(CC(C4)C2)C3)nc1SCC(=O)O. The third kappa shape index (κ3) is 2.63. The Labute approximate surface area is 140 Å². The highest BCUT2D eigenvalue weighted by Gasteiger charge is 2.52. The van der Waals surface area contributed by atoms with Gasteiger partial charge in [-0.05, 0) is 68.4 Å². The van der Waals surface area contributed by atoms with E-state index in [0.29, 0.717) is 10.6 Å². The summed E-state index contributed by atoms with van der Waals surface area (Å²) in [6.07, 6.45) is 7.82. The topological polar surface area (TPSA) is 74.0 Å². The first-order valence-corrected chi connectivity index (χ1v) is 9.33. The number of hydrogen-bond acceptors (Lipinski definition) is 4. The lowest BCUT2D eigenvalue weighted by molar-refractivity contribution is -0.133. The number of nitriles is 1. The summed E-state index contributed by atoms with van der Waals surface area (Å²) in [4.78, 5) is 15.6. The molecule has 120 valence electrons. The van der Waals surface area contributed by atoms with Crippen LogP contribution in [0.4, 0.5) is 0 Å². The fourth-order valence-corrected chi connectivity index (χ4v) is 6.18. The van der Waals surface area contributed by atoms with Crippen LogP contribution in [0.3, 0.4) is 0 Å². The molecule has 4 nitrogen and oxygen atoms in total. The van der Waals surface area contributed by atoms with Crippen LogP contribution in [-0.2, 0) is 10.2 Å². The summed E-state index contributed by atoms with van der Waals surface area (Å²) in [5.41, 5.74) is 1.77. The Morgan fingerprint density at radius 3 is 2.39 bits per heavy atom. The van der Waals surface area contributed by atoms with Gasteiger partial charge in [0.25, 0.3) is 0 Å². The third-order valence-corrected chi connectivity index (χ3v) is 6.87. The molecule has 23 heavy (non-hydrogen) atoms. The van der Waals surface area contributed by atoms with Gasteiger partial charge in [-0.2, -0.15) is 5.26 Å². The Morgan fingerprint density at radius 2 is 1.87 bits per heavy atom. The molecule has 0 radical (unpaired) electrons. The molecule has 4 fully saturated rings. The van der Waals surface area contributed by atoms with E-state index >= 15 is 0 Å². The predicted molar refractivity (Wildman–Crippen MR) is 87.2 cm³/mol. The van der Waals surface area contributed by atoms with Crippen molar-refractivity contribution in [3.8, 4) is 6.07 Å². The van der Waals surface area contributed by atoms with E-state index < -0.39 is 5.97 Å². The number of carboxylic acid groups (broad SMARTS) is 1. The second kappa shape index (κ2) is 5.52. The van der Waals surface area contributed by atoms with Crippen molar-refractivity contribution in [3.05, 3.63) is 23.4 Å². The summed E-state index contributed by atoms with van der Waals surface area (Å²) in [7, 11) is 0. The number of aliphatic carboxylic acids is 1. The minimum Gasteiger partial charge on any atom is -0.481 e. The molecular weight excluding hydrogens is 308 g/mol. The molecule has 1 aromatic rings. The van der Waals surface area contributed by atoms with E-state index in [1.165, 1.54) is 38.5 Å². The molecule has 4 aliphatic rings. The lowest BCUT2D eigenvalue weighted by Crippen LogP contribution is -2.49. The third-order valence-electron chi connectivity index (χ3n) is 5.89. The van der Waals surface area contributed by atoms with Gasteiger partial charge in [-0.3, -0.25) is 4.79 Å². The van der Waals surface area contributed by atoms with Gasteiger partial charge in [-0.25, -0.2) is 4.98 Å². The summed E-state index contributed by atoms with van der Waals surface area (Å²) < 4.78 is 0. The van der Waals surface area contributed by atoms with Crippen molar-refractivity contribution in [2.45, 2.75) is 49.0 Å². The molecule has 0 aromatic carbocycles. The fourth-order valence-electron chi connectivity index (χ4n) is 5.49. The molecule has 0 spiro atoms. The Balaban J connectivity index is 1.68. The van der Waals surface area contributed by atoms with Crippen molar-refractivity contribution in [3.63, 3.8) is 0 Å². The van der Waals surface area contributed by atoms with Crippen LogP contribution >= 0.6 is 11.8 Å². The molecule has 4 aliphatic carbocycles. The maximum atomic E-state index is 10.8. The van der Waals surface area contributed by atoms with Crippen molar-refractivity contribution < 1.29 is 9.90 Å². The smallest absolute Gasteiger partial charge is 0.313 e. The number of nitrogens with zero attached hydrogens (tertiary/aromatic N) is 2. The zero-order valence-corrected chi connectivity index (χ0v) is 13.8. The number of aromatic nitrogens is 1. The highest BCUT2D eigenvalue weighted by atomic mass is 32.2. The molecular formula is C18H20N2O2S. The van der Waals surface area contributed by atoms with E-state index in [1.807, 2.05) is 12.1 Å². The van der Waals surface area contributed by atoms with Gasteiger partial charge in [0.2, 0.25) is 0 Å². The standard InChI is InChI=1S/C18H20N2O2S/c19-9-14-1-2-15(20-17(14)23-10-16(21)22)18-6-11-3-12(7-18)5-13(4-11)8-18/h1-2,11-13H,3-8,10H2,(H,21,22). The first-order chi connectivity index (χ1) is 11.1. The van der Waals surface area contributed by atoms with Crippen LogP contribution in [0.25, 0.3) is 0 Å². The van der Waals surface area contributed by atoms with Gasteiger partial charge in [-0.15, -0.1) is 0 Å². The highest BCUT2D eigenvalue weighted by Crippen LogP contribution is 2.60. The van der Waals surface area contributed by atoms with Gasteiger partial charge in [0, 0.05) is 11.1 Å². The van der Waals surface area contributed by atoms with Gasteiger partial charge in [-0.1, -0.05) is 11.8 Å². The average Bonchev–Trinajstić information content (AvgIpc) is 2.51. The van der Waals surface area contributed by atoms with Gasteiger partial charge in [0.15, 0.2) is 0 Å². The van der Waals surface area contributed by atoms with Crippen LogP contribution in [0.5, 0.6) is 0 Å². The van der Waals surface area contributed by atoms with Crippen molar-refractivity contribution in [2.24, 2.45) is 17.8 Å². The molecule has 5 heteroatoms. The zero-order valence-electron chi connectivity index (χ0n) is 13.0. The van der Waals surface area contributed by atoms with Crippen molar-refractivity contribution >= 4 is 17.7 Å². The van der Waals surface area contributed by atoms with E-state index in [0.717, 1.165) is 35.2 Å². The Hall–Kier alpha value is -1.54. The van der Waals surface area contributed by atoms with E-state index in [4.69, 9.17) is 10.1 Å². The van der Waals surface area contributed by atoms with Gasteiger partial charge < -0.3 is 5.11 Å². The minimum atomic E-state index is -0.874. The second-order valence-electron chi connectivity index (χ2n) is 7.54. The highest BCUT2D eigenvalue weighted by molar-refractivity contribution is 7.99. The molecule has 1 N–H and O–H groups in total. The van der Waals surface area contributed by atoms with Crippen LogP contribution in [0.15, 0.2) is 17.2 Å². The Bertz CT molecular complexity index is 659. The van der Waals surface area contributed by atoms with Crippen LogP contribution in [0.2, 0.25) is 0 Å². The molecule has 4 bridgehead atoms. The fraction of sp³-hybridized carbons (Fsp3) is 0.611. The number of hydrogen-bond donors (Lipinski definition) is 1. The van der Waals surface area contributed by atoms with Crippen molar-refractivity contribution in [1.82, 2.24) is 4.98 Å². The van der Waals surface area contributed by atoms with Crippen molar-refractivity contribution in [2.75, 3.05) is 5.75 Å². The number of thioether (sulfide) groups is 1. The Morgan fingerprint density at radius 1 is 1.26 bits per heavy atom. The molecule has 1 aromatic heterocycles. The van der Waals surface area contributed by atoms with E-state index in [2.05, 4.69) is 6.07 Å². The summed E-state index contributed by atoms with van der Waals surface area (Å²) in [5, 5.41) is 18.8.